The van der Waals surface area contributed by atoms with Crippen LogP contribution in [0.4, 0.5) is 13.2 Å². The highest BCUT2D eigenvalue weighted by molar-refractivity contribution is 5.30. The molecule has 1 heterocycles. The first-order chi connectivity index (χ1) is 8.47. The van der Waals surface area contributed by atoms with Crippen LogP contribution >= 0.6 is 0 Å². The smallest absolute Gasteiger partial charge is 0.261 e. The van der Waals surface area contributed by atoms with Gasteiger partial charge in [0.2, 0.25) is 0 Å². The van der Waals surface area contributed by atoms with Gasteiger partial charge in [-0.15, -0.1) is 0 Å². The van der Waals surface area contributed by atoms with Crippen LogP contribution in [0, 0.1) is 6.92 Å². The van der Waals surface area contributed by atoms with Crippen molar-refractivity contribution in [3.05, 3.63) is 65.0 Å². The van der Waals surface area contributed by atoms with E-state index in [4.69, 9.17) is 0 Å². The minimum Gasteiger partial charge on any atom is -0.261 e. The Hall–Kier alpha value is -1.84. The van der Waals surface area contributed by atoms with Gasteiger partial charge in [0.15, 0.2) is 0 Å². The second-order valence-electron chi connectivity index (χ2n) is 4.14. The van der Waals surface area contributed by atoms with Gasteiger partial charge in [-0.05, 0) is 36.2 Å². The quantitative estimate of drug-likeness (QED) is 0.786. The lowest BCUT2D eigenvalue weighted by molar-refractivity contribution is -0.137. The molecule has 1 nitrogen and oxygen atoms in total. The molecule has 2 aromatic rings. The highest BCUT2D eigenvalue weighted by Crippen LogP contribution is 2.29. The van der Waals surface area contributed by atoms with Crippen LogP contribution in [0.5, 0.6) is 0 Å². The van der Waals surface area contributed by atoms with E-state index in [-0.39, 0.29) is 0 Å². The van der Waals surface area contributed by atoms with E-state index in [1.165, 1.54) is 12.1 Å². The van der Waals surface area contributed by atoms with Crippen LogP contribution in [0.25, 0.3) is 0 Å². The molecule has 18 heavy (non-hydrogen) atoms. The average molecular weight is 251 g/mol. The number of hydrogen-bond donors (Lipinski definition) is 0. The van der Waals surface area contributed by atoms with Crippen molar-refractivity contribution < 1.29 is 13.2 Å². The number of benzene rings is 1. The normalized spacial score (nSPS) is 11.6. The van der Waals surface area contributed by atoms with Gasteiger partial charge in [-0.25, -0.2) is 0 Å². The number of pyridine rings is 1. The molecule has 0 radical (unpaired) electrons. The lowest BCUT2D eigenvalue weighted by atomic mass is 10.0. The van der Waals surface area contributed by atoms with Crippen molar-refractivity contribution in [2.45, 2.75) is 19.5 Å². The second kappa shape index (κ2) is 4.80. The summed E-state index contributed by atoms with van der Waals surface area (Å²) in [5, 5.41) is 0. The van der Waals surface area contributed by atoms with Crippen LogP contribution in [0.3, 0.4) is 0 Å². The highest BCUT2D eigenvalue weighted by Gasteiger charge is 2.29. The molecule has 4 heteroatoms. The number of nitrogens with zero attached hydrogens (tertiary/aromatic N) is 1. The van der Waals surface area contributed by atoms with Crippen molar-refractivity contribution in [1.82, 2.24) is 4.98 Å². The Morgan fingerprint density at radius 3 is 2.28 bits per heavy atom. The van der Waals surface area contributed by atoms with E-state index in [9.17, 15) is 13.2 Å². The van der Waals surface area contributed by atoms with Gasteiger partial charge in [0, 0.05) is 18.3 Å². The van der Waals surface area contributed by atoms with Gasteiger partial charge in [0.25, 0.3) is 0 Å². The summed E-state index contributed by atoms with van der Waals surface area (Å²) in [6.07, 6.45) is -2.04. The number of rotatable bonds is 2. The fourth-order valence-electron chi connectivity index (χ4n) is 1.71. The summed E-state index contributed by atoms with van der Waals surface area (Å²) in [7, 11) is 0. The largest absolute Gasteiger partial charge is 0.416 e. The lowest BCUT2D eigenvalue weighted by Crippen LogP contribution is -2.04. The number of aromatic nitrogens is 1. The lowest BCUT2D eigenvalue weighted by Gasteiger charge is -2.08. The highest BCUT2D eigenvalue weighted by atomic mass is 19.4. The summed E-state index contributed by atoms with van der Waals surface area (Å²) in [5.74, 6) is 0. The molecule has 0 bridgehead atoms. The first-order valence-corrected chi connectivity index (χ1v) is 5.53. The van der Waals surface area contributed by atoms with Crippen molar-refractivity contribution in [1.29, 1.82) is 0 Å². The van der Waals surface area contributed by atoms with E-state index in [0.717, 1.165) is 29.0 Å². The molecule has 1 aromatic carbocycles. The Bertz CT molecular complexity index is 529. The van der Waals surface area contributed by atoms with Gasteiger partial charge >= 0.3 is 6.18 Å². The molecular weight excluding hydrogens is 239 g/mol. The van der Waals surface area contributed by atoms with Gasteiger partial charge in [-0.2, -0.15) is 13.2 Å². The predicted octanol–water partition coefficient (Wildman–Crippen LogP) is 4.00. The summed E-state index contributed by atoms with van der Waals surface area (Å²) in [5.41, 5.74) is 2.13. The zero-order valence-electron chi connectivity index (χ0n) is 9.83. The van der Waals surface area contributed by atoms with Crippen LogP contribution in [0.2, 0.25) is 0 Å². The monoisotopic (exact) mass is 251 g/mol. The molecule has 0 N–H and O–H groups in total. The van der Waals surface area contributed by atoms with Crippen molar-refractivity contribution in [2.24, 2.45) is 0 Å². The van der Waals surface area contributed by atoms with E-state index in [2.05, 4.69) is 4.98 Å². The van der Waals surface area contributed by atoms with Crippen LogP contribution in [0.1, 0.15) is 22.4 Å². The molecular formula is C14H12F3N. The maximum atomic E-state index is 12.4. The van der Waals surface area contributed by atoms with Gasteiger partial charge in [-0.3, -0.25) is 4.98 Å². The zero-order valence-corrected chi connectivity index (χ0v) is 9.83. The molecule has 0 aliphatic carbocycles. The minimum atomic E-state index is -4.28. The van der Waals surface area contributed by atoms with E-state index < -0.39 is 11.7 Å². The van der Waals surface area contributed by atoms with E-state index in [1.54, 1.807) is 6.20 Å². The first kappa shape index (κ1) is 12.6. The second-order valence-corrected chi connectivity index (χ2v) is 4.14. The fourth-order valence-corrected chi connectivity index (χ4v) is 1.71. The van der Waals surface area contributed by atoms with Crippen LogP contribution in [-0.2, 0) is 12.6 Å². The summed E-state index contributed by atoms with van der Waals surface area (Å²) >= 11 is 0. The van der Waals surface area contributed by atoms with Crippen LogP contribution in [-0.4, -0.2) is 4.98 Å². The Balaban J connectivity index is 2.19. The third kappa shape index (κ3) is 2.88. The number of hydrogen-bond acceptors (Lipinski definition) is 1. The van der Waals surface area contributed by atoms with Crippen molar-refractivity contribution in [3.8, 4) is 0 Å². The Kier molecular flexibility index (Phi) is 3.36. The van der Waals surface area contributed by atoms with Crippen molar-refractivity contribution in [3.63, 3.8) is 0 Å². The predicted molar refractivity (Wildman–Crippen MR) is 63.2 cm³/mol. The standard InChI is InChI=1S/C14H12F3N/c1-10-3-2-8-18-13(10)9-11-4-6-12(7-5-11)14(15,16)17/h2-8H,9H2,1H3. The molecule has 0 saturated carbocycles. The fraction of sp³-hybridized carbons (Fsp3) is 0.214. The average Bonchev–Trinajstić information content (AvgIpc) is 2.32. The summed E-state index contributed by atoms with van der Waals surface area (Å²) in [6.45, 7) is 1.94. The SMILES string of the molecule is Cc1cccnc1Cc1ccc(C(F)(F)F)cc1. The topological polar surface area (TPSA) is 12.9 Å². The third-order valence-electron chi connectivity index (χ3n) is 2.77. The third-order valence-corrected chi connectivity index (χ3v) is 2.77. The first-order valence-electron chi connectivity index (χ1n) is 5.53. The molecule has 0 fully saturated rings. The number of aryl methyl sites for hydroxylation is 1. The molecule has 0 aliphatic heterocycles. The van der Waals surface area contributed by atoms with Gasteiger partial charge in [0.05, 0.1) is 5.56 Å². The van der Waals surface area contributed by atoms with Crippen molar-refractivity contribution in [2.75, 3.05) is 0 Å². The van der Waals surface area contributed by atoms with Gasteiger partial charge < -0.3 is 0 Å². The van der Waals surface area contributed by atoms with Crippen LogP contribution < -0.4 is 0 Å². The van der Waals surface area contributed by atoms with Gasteiger partial charge in [0.1, 0.15) is 0 Å². The summed E-state index contributed by atoms with van der Waals surface area (Å²) < 4.78 is 37.2. The van der Waals surface area contributed by atoms with Gasteiger partial charge in [-0.1, -0.05) is 18.2 Å². The Labute approximate surface area is 103 Å². The number of halogens is 3. The van der Waals surface area contributed by atoms with E-state index in [0.29, 0.717) is 6.42 Å². The molecule has 0 spiro atoms. The maximum Gasteiger partial charge on any atom is 0.416 e. The molecule has 0 amide bonds. The summed E-state index contributed by atoms with van der Waals surface area (Å²) in [4.78, 5) is 4.22. The molecule has 0 unspecified atom stereocenters. The summed E-state index contributed by atoms with van der Waals surface area (Å²) in [6, 6.07) is 8.98. The zero-order chi connectivity index (χ0) is 13.2. The molecule has 1 aromatic heterocycles. The molecule has 94 valence electrons. The molecule has 0 saturated heterocycles. The Morgan fingerprint density at radius 2 is 1.72 bits per heavy atom. The molecule has 0 aliphatic rings. The molecule has 2 rings (SSSR count). The number of alkyl halides is 3. The minimum absolute atomic E-state index is 0.546. The Morgan fingerprint density at radius 1 is 1.06 bits per heavy atom. The maximum absolute atomic E-state index is 12.4. The van der Waals surface area contributed by atoms with E-state index in [1.807, 2.05) is 19.1 Å². The van der Waals surface area contributed by atoms with Crippen LogP contribution in [0.15, 0.2) is 42.6 Å². The molecule has 0 atom stereocenters. The van der Waals surface area contributed by atoms with Crippen molar-refractivity contribution >= 4 is 0 Å². The van der Waals surface area contributed by atoms with E-state index >= 15 is 0 Å².